The molecular weight excluding hydrogens is 307 g/mol. The van der Waals surface area contributed by atoms with E-state index in [1.165, 1.54) is 0 Å². The maximum atomic E-state index is 14.3. The molecule has 2 N–H and O–H groups in total. The fourth-order valence-electron chi connectivity index (χ4n) is 3.13. The van der Waals surface area contributed by atoms with Crippen molar-refractivity contribution in [2.45, 2.75) is 32.2 Å². The average molecular weight is 329 g/mol. The van der Waals surface area contributed by atoms with E-state index in [1.807, 2.05) is 12.1 Å². The van der Waals surface area contributed by atoms with Crippen molar-refractivity contribution in [3.05, 3.63) is 34.1 Å². The summed E-state index contributed by atoms with van der Waals surface area (Å²) in [6.07, 6.45) is 3.35. The minimum atomic E-state index is -0.124. The second kappa shape index (κ2) is 6.82. The molecule has 0 bridgehead atoms. The first-order chi connectivity index (χ1) is 9.17. The van der Waals surface area contributed by atoms with Crippen LogP contribution in [0.4, 0.5) is 4.39 Å². The molecule has 0 aliphatic carbocycles. The maximum Gasteiger partial charge on any atom is 0.129 e. The summed E-state index contributed by atoms with van der Waals surface area (Å²) >= 11 is 3.32. The van der Waals surface area contributed by atoms with Crippen LogP contribution in [-0.2, 0) is 0 Å². The number of rotatable bonds is 4. The number of hydrogen-bond acceptors (Lipinski definition) is 2. The smallest absolute Gasteiger partial charge is 0.129 e. The highest BCUT2D eigenvalue weighted by molar-refractivity contribution is 9.10. The van der Waals surface area contributed by atoms with Gasteiger partial charge in [-0.05, 0) is 56.9 Å². The first kappa shape index (κ1) is 14.9. The van der Waals surface area contributed by atoms with Crippen LogP contribution >= 0.6 is 15.9 Å². The summed E-state index contributed by atoms with van der Waals surface area (Å²) < 4.78 is 15.0. The Morgan fingerprint density at radius 1 is 1.47 bits per heavy atom. The zero-order chi connectivity index (χ0) is 13.8. The van der Waals surface area contributed by atoms with Crippen LogP contribution in [0.3, 0.4) is 0 Å². The zero-order valence-corrected chi connectivity index (χ0v) is 13.0. The van der Waals surface area contributed by atoms with Gasteiger partial charge in [-0.15, -0.1) is 0 Å². The van der Waals surface area contributed by atoms with Gasteiger partial charge in [0.2, 0.25) is 0 Å². The largest absolute Gasteiger partial charge is 0.330 e. The molecule has 2 unspecified atom stereocenters. The molecule has 106 valence electrons. The third-order valence-electron chi connectivity index (χ3n) is 3.95. The number of likely N-dealkylation sites (tertiary alicyclic amines) is 1. The number of hydrogen-bond donors (Lipinski definition) is 1. The molecule has 19 heavy (non-hydrogen) atoms. The van der Waals surface area contributed by atoms with Gasteiger partial charge in [0.25, 0.3) is 0 Å². The topological polar surface area (TPSA) is 29.3 Å². The average Bonchev–Trinajstić information content (AvgIpc) is 2.39. The molecule has 0 radical (unpaired) electrons. The van der Waals surface area contributed by atoms with Gasteiger partial charge in [0.05, 0.1) is 0 Å². The van der Waals surface area contributed by atoms with Crippen molar-refractivity contribution in [1.82, 2.24) is 4.90 Å². The van der Waals surface area contributed by atoms with E-state index < -0.39 is 0 Å². The number of benzene rings is 1. The van der Waals surface area contributed by atoms with Crippen molar-refractivity contribution in [2.75, 3.05) is 19.6 Å². The Balaban J connectivity index is 2.33. The summed E-state index contributed by atoms with van der Waals surface area (Å²) in [7, 11) is 0. The van der Waals surface area contributed by atoms with Crippen molar-refractivity contribution >= 4 is 15.9 Å². The minimum Gasteiger partial charge on any atom is -0.330 e. The van der Waals surface area contributed by atoms with Crippen molar-refractivity contribution in [3.63, 3.8) is 0 Å². The summed E-state index contributed by atoms with van der Waals surface area (Å²) in [6, 6.07) is 5.51. The molecule has 1 aliphatic heterocycles. The zero-order valence-electron chi connectivity index (χ0n) is 11.4. The molecule has 0 amide bonds. The highest BCUT2D eigenvalue weighted by Crippen LogP contribution is 2.37. The van der Waals surface area contributed by atoms with E-state index in [0.717, 1.165) is 42.4 Å². The Kier molecular flexibility index (Phi) is 5.37. The highest BCUT2D eigenvalue weighted by atomic mass is 79.9. The Bertz CT molecular complexity index is 423. The molecule has 4 heteroatoms. The number of nitrogens with two attached hydrogens (primary N) is 1. The van der Waals surface area contributed by atoms with Gasteiger partial charge in [-0.25, -0.2) is 4.39 Å². The van der Waals surface area contributed by atoms with E-state index >= 15 is 0 Å². The normalized spacial score (nSPS) is 24.6. The van der Waals surface area contributed by atoms with Crippen LogP contribution in [0.2, 0.25) is 0 Å². The van der Waals surface area contributed by atoms with Crippen molar-refractivity contribution in [1.29, 1.82) is 0 Å². The lowest BCUT2D eigenvalue weighted by atomic mass is 9.84. The first-order valence-corrected chi connectivity index (χ1v) is 7.85. The molecule has 1 fully saturated rings. The second-order valence-corrected chi connectivity index (χ2v) is 6.20. The van der Waals surface area contributed by atoms with E-state index in [2.05, 4.69) is 27.8 Å². The number of piperidine rings is 1. The molecular formula is C15H22BrFN2. The van der Waals surface area contributed by atoms with Gasteiger partial charge in [-0.1, -0.05) is 28.9 Å². The summed E-state index contributed by atoms with van der Waals surface area (Å²) in [4.78, 5) is 2.40. The van der Waals surface area contributed by atoms with Crippen LogP contribution < -0.4 is 5.73 Å². The quantitative estimate of drug-likeness (QED) is 0.912. The van der Waals surface area contributed by atoms with Crippen molar-refractivity contribution in [2.24, 2.45) is 11.7 Å². The summed E-state index contributed by atoms with van der Waals surface area (Å²) in [5.74, 6) is 0.233. The lowest BCUT2D eigenvalue weighted by Gasteiger charge is -2.41. The van der Waals surface area contributed by atoms with Gasteiger partial charge in [0.15, 0.2) is 0 Å². The fourth-order valence-corrected chi connectivity index (χ4v) is 3.46. The maximum absolute atomic E-state index is 14.3. The van der Waals surface area contributed by atoms with Crippen LogP contribution in [0.15, 0.2) is 22.7 Å². The van der Waals surface area contributed by atoms with Crippen molar-refractivity contribution < 1.29 is 4.39 Å². The lowest BCUT2D eigenvalue weighted by Crippen LogP contribution is -2.42. The van der Waals surface area contributed by atoms with Crippen LogP contribution in [0.1, 0.15) is 37.8 Å². The van der Waals surface area contributed by atoms with E-state index in [4.69, 9.17) is 5.73 Å². The van der Waals surface area contributed by atoms with Crippen LogP contribution in [0.25, 0.3) is 0 Å². The highest BCUT2D eigenvalue weighted by Gasteiger charge is 2.32. The van der Waals surface area contributed by atoms with Gasteiger partial charge >= 0.3 is 0 Å². The Morgan fingerprint density at radius 2 is 2.26 bits per heavy atom. The van der Waals surface area contributed by atoms with E-state index in [-0.39, 0.29) is 11.9 Å². The number of halogens is 2. The summed E-state index contributed by atoms with van der Waals surface area (Å²) in [6.45, 7) is 4.85. The third-order valence-corrected chi connectivity index (χ3v) is 4.45. The van der Waals surface area contributed by atoms with Crippen molar-refractivity contribution in [3.8, 4) is 0 Å². The third kappa shape index (κ3) is 3.36. The van der Waals surface area contributed by atoms with E-state index in [0.29, 0.717) is 12.5 Å². The second-order valence-electron chi connectivity index (χ2n) is 5.28. The Morgan fingerprint density at radius 3 is 2.89 bits per heavy atom. The monoisotopic (exact) mass is 328 g/mol. The van der Waals surface area contributed by atoms with E-state index in [9.17, 15) is 4.39 Å². The van der Waals surface area contributed by atoms with E-state index in [1.54, 1.807) is 6.07 Å². The molecule has 1 saturated heterocycles. The van der Waals surface area contributed by atoms with Gasteiger partial charge < -0.3 is 5.73 Å². The molecule has 1 aromatic rings. The lowest BCUT2D eigenvalue weighted by molar-refractivity contribution is 0.0933. The Hall–Kier alpha value is -0.450. The van der Waals surface area contributed by atoms with Gasteiger partial charge in [-0.2, -0.15) is 0 Å². The summed E-state index contributed by atoms with van der Waals surface area (Å²) in [5, 5.41) is 0. The summed E-state index contributed by atoms with van der Waals surface area (Å²) in [5.41, 5.74) is 6.71. The molecule has 0 spiro atoms. The molecule has 0 aromatic heterocycles. The molecule has 0 saturated carbocycles. The van der Waals surface area contributed by atoms with Gasteiger partial charge in [0.1, 0.15) is 5.82 Å². The predicted molar refractivity (Wildman–Crippen MR) is 80.5 cm³/mol. The molecule has 1 aromatic carbocycles. The first-order valence-electron chi connectivity index (χ1n) is 7.06. The fraction of sp³-hybridized carbons (Fsp3) is 0.600. The van der Waals surface area contributed by atoms with Gasteiger partial charge in [0, 0.05) is 16.1 Å². The number of nitrogens with zero attached hydrogens (tertiary/aromatic N) is 1. The Labute approximate surface area is 123 Å². The standard InChI is InChI=1S/C15H22BrFN2/c1-2-7-19-8-3-4-11(10-18)15(19)13-6-5-12(16)9-14(13)17/h5-6,9,11,15H,2-4,7-8,10,18H2,1H3. The SMILES string of the molecule is CCCN1CCCC(CN)C1c1ccc(Br)cc1F. The molecule has 2 rings (SSSR count). The molecule has 1 heterocycles. The van der Waals surface area contributed by atoms with Crippen LogP contribution in [-0.4, -0.2) is 24.5 Å². The van der Waals surface area contributed by atoms with Gasteiger partial charge in [-0.3, -0.25) is 4.90 Å². The van der Waals surface area contributed by atoms with Crippen LogP contribution in [0.5, 0.6) is 0 Å². The molecule has 2 nitrogen and oxygen atoms in total. The van der Waals surface area contributed by atoms with Crippen LogP contribution in [0, 0.1) is 11.7 Å². The predicted octanol–water partition coefficient (Wildman–Crippen LogP) is 3.71. The molecule has 2 atom stereocenters. The molecule has 1 aliphatic rings. The minimum absolute atomic E-state index is 0.124.